The molecule has 1 atom stereocenters. The molecule has 2 rings (SSSR count). The van der Waals surface area contributed by atoms with Gasteiger partial charge in [0.1, 0.15) is 11.9 Å². The Labute approximate surface area is 118 Å². The molecular formula is C12H11BrClN3O. The normalized spacial score (nSPS) is 19.0. The van der Waals surface area contributed by atoms with Gasteiger partial charge in [-0.2, -0.15) is 4.99 Å². The van der Waals surface area contributed by atoms with Crippen LogP contribution >= 0.6 is 27.5 Å². The zero-order valence-corrected chi connectivity index (χ0v) is 11.8. The lowest BCUT2D eigenvalue weighted by molar-refractivity contribution is 0.212. The molecule has 0 spiro atoms. The molecule has 1 aliphatic rings. The smallest absolute Gasteiger partial charge is 0.346 e. The monoisotopic (exact) mass is 327 g/mol. The van der Waals surface area contributed by atoms with Crippen LogP contribution in [0, 0.1) is 0 Å². The van der Waals surface area contributed by atoms with Gasteiger partial charge in [-0.05, 0) is 17.7 Å². The van der Waals surface area contributed by atoms with Gasteiger partial charge in [-0.25, -0.2) is 4.79 Å². The molecule has 1 aromatic carbocycles. The molecule has 4 nitrogen and oxygen atoms in total. The fourth-order valence-electron chi connectivity index (χ4n) is 1.88. The third-order valence-corrected chi connectivity index (χ3v) is 3.57. The molecule has 0 aliphatic carbocycles. The highest BCUT2D eigenvalue weighted by Gasteiger charge is 2.34. The van der Waals surface area contributed by atoms with E-state index in [0.29, 0.717) is 11.6 Å². The summed E-state index contributed by atoms with van der Waals surface area (Å²) in [5.41, 5.74) is 6.68. The van der Waals surface area contributed by atoms with Crippen LogP contribution in [0.25, 0.3) is 0 Å². The lowest BCUT2D eigenvalue weighted by Gasteiger charge is -2.24. The van der Waals surface area contributed by atoms with Gasteiger partial charge in [-0.15, -0.1) is 6.58 Å². The summed E-state index contributed by atoms with van der Waals surface area (Å²) in [4.78, 5) is 17.0. The van der Waals surface area contributed by atoms with Crippen LogP contribution in [0.4, 0.5) is 4.79 Å². The number of benzene rings is 1. The second-order valence-corrected chi connectivity index (χ2v) is 5.12. The van der Waals surface area contributed by atoms with Crippen LogP contribution in [0.5, 0.6) is 0 Å². The summed E-state index contributed by atoms with van der Waals surface area (Å²) in [5, 5.41) is 0.612. The fourth-order valence-corrected chi connectivity index (χ4v) is 2.78. The van der Waals surface area contributed by atoms with Crippen molar-refractivity contribution in [2.24, 2.45) is 10.7 Å². The zero-order chi connectivity index (χ0) is 13.3. The van der Waals surface area contributed by atoms with Crippen molar-refractivity contribution in [2.45, 2.75) is 6.04 Å². The van der Waals surface area contributed by atoms with Crippen molar-refractivity contribution in [1.29, 1.82) is 0 Å². The molecule has 18 heavy (non-hydrogen) atoms. The summed E-state index contributed by atoms with van der Waals surface area (Å²) in [6, 6.07) is 4.62. The van der Waals surface area contributed by atoms with Crippen LogP contribution in [0.2, 0.25) is 5.02 Å². The van der Waals surface area contributed by atoms with Crippen molar-refractivity contribution in [3.63, 3.8) is 0 Å². The van der Waals surface area contributed by atoms with Gasteiger partial charge < -0.3 is 10.6 Å². The molecule has 2 N–H and O–H groups in total. The molecule has 1 unspecified atom stereocenters. The Morgan fingerprint density at radius 2 is 2.33 bits per heavy atom. The van der Waals surface area contributed by atoms with E-state index in [4.69, 9.17) is 17.3 Å². The number of aliphatic imine (C=N–C) groups is 1. The number of hydrogen-bond donors (Lipinski definition) is 1. The minimum Gasteiger partial charge on any atom is -0.385 e. The lowest BCUT2D eigenvalue weighted by atomic mass is 10.1. The van der Waals surface area contributed by atoms with Gasteiger partial charge in [-0.1, -0.05) is 39.7 Å². The van der Waals surface area contributed by atoms with Crippen molar-refractivity contribution in [1.82, 2.24) is 4.90 Å². The second-order valence-electron chi connectivity index (χ2n) is 3.83. The van der Waals surface area contributed by atoms with E-state index in [1.807, 2.05) is 6.07 Å². The predicted octanol–water partition coefficient (Wildman–Crippen LogP) is 3.12. The van der Waals surface area contributed by atoms with Gasteiger partial charge >= 0.3 is 6.03 Å². The number of nitrogens with zero attached hydrogens (tertiary/aromatic N) is 2. The first-order valence-electron chi connectivity index (χ1n) is 5.25. The second kappa shape index (κ2) is 5.12. The number of carbonyl (C=O) groups excluding carboxylic acids is 1. The maximum absolute atomic E-state index is 11.7. The van der Waals surface area contributed by atoms with Gasteiger partial charge in [0.05, 0.1) is 0 Å². The highest BCUT2D eigenvalue weighted by atomic mass is 79.9. The van der Waals surface area contributed by atoms with Crippen molar-refractivity contribution < 1.29 is 4.79 Å². The SMILES string of the molecule is C=CCN1C(=O)N=C(N)C1c1ccc(Cl)cc1Br. The minimum atomic E-state index is -0.373. The number of rotatable bonds is 3. The van der Waals surface area contributed by atoms with E-state index in [9.17, 15) is 4.79 Å². The Balaban J connectivity index is 2.44. The van der Waals surface area contributed by atoms with Crippen molar-refractivity contribution in [3.05, 3.63) is 45.9 Å². The Morgan fingerprint density at radius 1 is 1.61 bits per heavy atom. The van der Waals surface area contributed by atoms with E-state index in [0.717, 1.165) is 10.0 Å². The summed E-state index contributed by atoms with van der Waals surface area (Å²) in [7, 11) is 0. The standard InChI is InChI=1S/C12H11BrClN3O/c1-2-5-17-10(11(15)16-12(17)18)8-4-3-7(14)6-9(8)13/h2-4,6,10H,1,5H2,(H2,15,16,18). The van der Waals surface area contributed by atoms with Crippen molar-refractivity contribution >= 4 is 39.4 Å². The van der Waals surface area contributed by atoms with Crippen LogP contribution in [0.3, 0.4) is 0 Å². The minimum absolute atomic E-state index is 0.282. The molecule has 6 heteroatoms. The number of halogens is 2. The van der Waals surface area contributed by atoms with Crippen molar-refractivity contribution in [3.8, 4) is 0 Å². The molecule has 2 amide bonds. The third kappa shape index (κ3) is 2.28. The molecule has 0 saturated heterocycles. The fraction of sp³-hybridized carbons (Fsp3) is 0.167. The van der Waals surface area contributed by atoms with Gasteiger partial charge in [0.25, 0.3) is 0 Å². The van der Waals surface area contributed by atoms with E-state index < -0.39 is 0 Å². The maximum Gasteiger partial charge on any atom is 0.346 e. The zero-order valence-electron chi connectivity index (χ0n) is 9.44. The first kappa shape index (κ1) is 13.1. The molecule has 0 saturated carbocycles. The molecule has 0 radical (unpaired) electrons. The number of amidine groups is 1. The summed E-state index contributed by atoms with van der Waals surface area (Å²) in [6.07, 6.45) is 1.64. The van der Waals surface area contributed by atoms with E-state index in [1.54, 1.807) is 23.1 Å². The van der Waals surface area contributed by atoms with Gasteiger partial charge in [0.15, 0.2) is 0 Å². The lowest BCUT2D eigenvalue weighted by Crippen LogP contribution is -2.33. The maximum atomic E-state index is 11.7. The molecule has 1 aromatic rings. The van der Waals surface area contributed by atoms with Crippen LogP contribution < -0.4 is 5.73 Å². The Hall–Kier alpha value is -1.33. The van der Waals surface area contributed by atoms with Gasteiger partial charge in [0, 0.05) is 16.0 Å². The highest BCUT2D eigenvalue weighted by Crippen LogP contribution is 2.33. The number of urea groups is 1. The number of nitrogens with two attached hydrogens (primary N) is 1. The molecule has 0 bridgehead atoms. The predicted molar refractivity (Wildman–Crippen MR) is 75.8 cm³/mol. The Bertz CT molecular complexity index is 544. The quantitative estimate of drug-likeness (QED) is 0.867. The Morgan fingerprint density at radius 3 is 2.94 bits per heavy atom. The first-order chi connectivity index (χ1) is 8.54. The number of amides is 2. The molecule has 94 valence electrons. The van der Waals surface area contributed by atoms with Crippen molar-refractivity contribution in [2.75, 3.05) is 6.54 Å². The Kier molecular flexibility index (Phi) is 3.73. The summed E-state index contributed by atoms with van der Waals surface area (Å²) < 4.78 is 0.793. The van der Waals surface area contributed by atoms with Crippen LogP contribution in [-0.2, 0) is 0 Å². The molecular weight excluding hydrogens is 318 g/mol. The highest BCUT2D eigenvalue weighted by molar-refractivity contribution is 9.10. The molecule has 1 heterocycles. The van der Waals surface area contributed by atoms with Gasteiger partial charge in [0.2, 0.25) is 0 Å². The molecule has 1 aliphatic heterocycles. The average molecular weight is 329 g/mol. The van der Waals surface area contributed by atoms with E-state index in [1.165, 1.54) is 0 Å². The molecule has 0 aromatic heterocycles. The van der Waals surface area contributed by atoms with E-state index in [-0.39, 0.29) is 17.9 Å². The topological polar surface area (TPSA) is 58.7 Å². The number of carbonyl (C=O) groups is 1. The average Bonchev–Trinajstić information content (AvgIpc) is 2.56. The van der Waals surface area contributed by atoms with Crippen LogP contribution in [-0.4, -0.2) is 23.3 Å². The van der Waals surface area contributed by atoms with Crippen LogP contribution in [0.15, 0.2) is 40.3 Å². The van der Waals surface area contributed by atoms with Gasteiger partial charge in [-0.3, -0.25) is 0 Å². The first-order valence-corrected chi connectivity index (χ1v) is 6.42. The third-order valence-electron chi connectivity index (χ3n) is 2.65. The van der Waals surface area contributed by atoms with E-state index in [2.05, 4.69) is 27.5 Å². The van der Waals surface area contributed by atoms with Crippen LogP contribution in [0.1, 0.15) is 11.6 Å². The summed E-state index contributed by atoms with van der Waals surface area (Å²) >= 11 is 9.32. The summed E-state index contributed by atoms with van der Waals surface area (Å²) in [6.45, 7) is 4.02. The summed E-state index contributed by atoms with van der Waals surface area (Å²) in [5.74, 6) is 0.282. The number of hydrogen-bond acceptors (Lipinski definition) is 2. The van der Waals surface area contributed by atoms with E-state index >= 15 is 0 Å². The molecule has 0 fully saturated rings. The largest absolute Gasteiger partial charge is 0.385 e.